The van der Waals surface area contributed by atoms with Gasteiger partial charge in [0.2, 0.25) is 6.41 Å². The van der Waals surface area contributed by atoms with E-state index in [1.165, 1.54) is 49.8 Å². The third-order valence-corrected chi connectivity index (χ3v) is 7.68. The maximum Gasteiger partial charge on any atom is 0.209 e. The summed E-state index contributed by atoms with van der Waals surface area (Å²) in [5, 5.41) is 6.20. The summed E-state index contributed by atoms with van der Waals surface area (Å²) in [4.78, 5) is 23.8. The molecule has 0 radical (unpaired) electrons. The highest BCUT2D eigenvalue weighted by atomic mass is 16.1. The summed E-state index contributed by atoms with van der Waals surface area (Å²) in [6, 6.07) is 22.9. The highest BCUT2D eigenvalue weighted by Crippen LogP contribution is 2.25. The van der Waals surface area contributed by atoms with Crippen LogP contribution in [-0.4, -0.2) is 44.3 Å². The number of carbonyl (C=O) groups is 2. The summed E-state index contributed by atoms with van der Waals surface area (Å²) in [5.74, 6) is 0.870. The number of amides is 1. The lowest BCUT2D eigenvalue weighted by Crippen LogP contribution is -2.15. The van der Waals surface area contributed by atoms with E-state index in [9.17, 15) is 9.59 Å². The van der Waals surface area contributed by atoms with Crippen molar-refractivity contribution in [1.29, 1.82) is 0 Å². The number of terminal acetylenes is 1. The topological polar surface area (TPSA) is 61.4 Å². The Labute approximate surface area is 267 Å². The molecule has 1 aliphatic heterocycles. The fourth-order valence-corrected chi connectivity index (χ4v) is 4.39. The van der Waals surface area contributed by atoms with Crippen LogP contribution in [0.25, 0.3) is 11.1 Å². The number of benzene rings is 3. The summed E-state index contributed by atoms with van der Waals surface area (Å²) in [5.41, 5.74) is 7.84. The van der Waals surface area contributed by atoms with Crippen molar-refractivity contribution in [2.24, 2.45) is 5.92 Å². The highest BCUT2D eigenvalue weighted by Gasteiger charge is 2.13. The molecule has 0 bridgehead atoms. The molecule has 1 saturated carbocycles. The number of rotatable bonds is 7. The van der Waals surface area contributed by atoms with E-state index in [4.69, 9.17) is 0 Å². The number of hydrogen-bond acceptors (Lipinski definition) is 4. The number of aryl methyl sites for hydroxylation is 1. The van der Waals surface area contributed by atoms with Crippen molar-refractivity contribution in [3.63, 3.8) is 0 Å². The Balaban J connectivity index is 0.000000335. The zero-order valence-corrected chi connectivity index (χ0v) is 28.2. The van der Waals surface area contributed by atoms with Gasteiger partial charge in [0.1, 0.15) is 0 Å². The molecular formula is C39H55N3O2. The Morgan fingerprint density at radius 1 is 0.727 bits per heavy atom. The van der Waals surface area contributed by atoms with E-state index in [1.54, 1.807) is 4.90 Å². The molecule has 0 atom stereocenters. The van der Waals surface area contributed by atoms with Crippen LogP contribution in [0.1, 0.15) is 93.6 Å². The van der Waals surface area contributed by atoms with Crippen molar-refractivity contribution in [1.82, 2.24) is 4.90 Å². The molecular weight excluding hydrogens is 542 g/mol. The van der Waals surface area contributed by atoms with Gasteiger partial charge < -0.3 is 15.5 Å². The van der Waals surface area contributed by atoms with Gasteiger partial charge in [-0.1, -0.05) is 95.8 Å². The minimum absolute atomic E-state index is 0.0365. The molecule has 0 spiro atoms. The highest BCUT2D eigenvalue weighted by molar-refractivity contribution is 5.99. The minimum atomic E-state index is 0.0365. The van der Waals surface area contributed by atoms with Crippen LogP contribution in [0.3, 0.4) is 0 Å². The van der Waals surface area contributed by atoms with Gasteiger partial charge in [0.25, 0.3) is 0 Å². The fourth-order valence-electron chi connectivity index (χ4n) is 4.39. The third-order valence-electron chi connectivity index (χ3n) is 7.68. The van der Waals surface area contributed by atoms with E-state index >= 15 is 0 Å². The summed E-state index contributed by atoms with van der Waals surface area (Å²) < 4.78 is 0. The van der Waals surface area contributed by atoms with Crippen LogP contribution >= 0.6 is 0 Å². The zero-order valence-electron chi connectivity index (χ0n) is 28.2. The lowest BCUT2D eigenvalue weighted by molar-refractivity contribution is -0.117. The van der Waals surface area contributed by atoms with Gasteiger partial charge in [0, 0.05) is 50.0 Å². The van der Waals surface area contributed by atoms with Gasteiger partial charge >= 0.3 is 0 Å². The maximum atomic E-state index is 12.1. The quantitative estimate of drug-likeness (QED) is 0.162. The average Bonchev–Trinajstić information content (AvgIpc) is 3.56. The van der Waals surface area contributed by atoms with Gasteiger partial charge in [-0.15, -0.1) is 12.8 Å². The molecule has 5 heteroatoms. The molecule has 3 aromatic carbocycles. The summed E-state index contributed by atoms with van der Waals surface area (Å²) in [6.07, 6.45) is 17.3. The zero-order chi connectivity index (χ0) is 32.9. The smallest absolute Gasteiger partial charge is 0.209 e. The van der Waals surface area contributed by atoms with E-state index in [-0.39, 0.29) is 11.7 Å². The first kappa shape index (κ1) is 38.0. The fraction of sp³-hybridized carbons (Fsp3) is 0.436. The van der Waals surface area contributed by atoms with Crippen LogP contribution in [-0.2, 0) is 4.79 Å². The monoisotopic (exact) mass is 597 g/mol. The Hall–Kier alpha value is -4.04. The molecule has 1 aliphatic carbocycles. The van der Waals surface area contributed by atoms with E-state index in [1.807, 2.05) is 47.0 Å². The molecule has 44 heavy (non-hydrogen) atoms. The Kier molecular flexibility index (Phi) is 18.7. The maximum absolute atomic E-state index is 12.1. The lowest BCUT2D eigenvalue weighted by Gasteiger charge is -2.10. The van der Waals surface area contributed by atoms with Crippen molar-refractivity contribution in [2.75, 3.05) is 37.8 Å². The summed E-state index contributed by atoms with van der Waals surface area (Å²) in [6.45, 7) is 12.2. The van der Waals surface area contributed by atoms with Crippen molar-refractivity contribution < 1.29 is 9.59 Å². The second-order valence-electron chi connectivity index (χ2n) is 11.7. The summed E-state index contributed by atoms with van der Waals surface area (Å²) in [7, 11) is 3.84. The van der Waals surface area contributed by atoms with Crippen LogP contribution in [0.5, 0.6) is 0 Å². The van der Waals surface area contributed by atoms with E-state index in [0.29, 0.717) is 5.92 Å². The molecule has 0 unspecified atom stereocenters. The van der Waals surface area contributed by atoms with Gasteiger partial charge in [0.15, 0.2) is 5.78 Å². The second-order valence-corrected chi connectivity index (χ2v) is 11.7. The number of nitrogens with zero attached hydrogens (tertiary/aromatic N) is 1. The normalized spacial score (nSPS) is 12.8. The van der Waals surface area contributed by atoms with Crippen LogP contribution in [0, 0.1) is 25.7 Å². The standard InChI is InChI=1S/C18H21NO.C10H15N.C5H9NO.C4H8.C2H2/c1-12(2)18(20)17-10-7-15(11-13(17)3)14-5-8-16(19-4)9-6-14;1-8(2)9-4-6-10(11-3)7-5-9;7-5-6-3-1-2-4-6;1-2-4-3-1;1-2/h5-12,19H,1-4H3;4-8,11H,1-3H3;5H,1-4H2;1-4H2;1-2H. The van der Waals surface area contributed by atoms with Crippen LogP contribution < -0.4 is 10.6 Å². The molecule has 0 aromatic heterocycles. The Morgan fingerprint density at radius 2 is 1.18 bits per heavy atom. The largest absolute Gasteiger partial charge is 0.388 e. The molecule has 2 fully saturated rings. The molecule has 3 aromatic rings. The van der Waals surface area contributed by atoms with Crippen molar-refractivity contribution >= 4 is 23.6 Å². The first-order chi connectivity index (χ1) is 21.2. The van der Waals surface area contributed by atoms with Crippen LogP contribution in [0.2, 0.25) is 0 Å². The number of hydrogen-bond donors (Lipinski definition) is 2. The number of nitrogens with one attached hydrogen (secondary N) is 2. The molecule has 2 aliphatic rings. The minimum Gasteiger partial charge on any atom is -0.388 e. The van der Waals surface area contributed by atoms with Gasteiger partial charge in [-0.05, 0) is 72.2 Å². The molecule has 1 heterocycles. The van der Waals surface area contributed by atoms with Crippen molar-refractivity contribution in [3.05, 3.63) is 83.4 Å². The van der Waals surface area contributed by atoms with E-state index in [2.05, 4.69) is 91.9 Å². The number of likely N-dealkylation sites (tertiary alicyclic amines) is 1. The van der Waals surface area contributed by atoms with Gasteiger partial charge in [-0.3, -0.25) is 9.59 Å². The van der Waals surface area contributed by atoms with Crippen molar-refractivity contribution in [2.45, 2.75) is 79.1 Å². The Bertz CT molecular complexity index is 1230. The Morgan fingerprint density at radius 3 is 1.52 bits per heavy atom. The van der Waals surface area contributed by atoms with Crippen LogP contribution in [0.15, 0.2) is 66.7 Å². The van der Waals surface area contributed by atoms with Gasteiger partial charge in [-0.25, -0.2) is 0 Å². The third kappa shape index (κ3) is 13.5. The lowest BCUT2D eigenvalue weighted by atomic mass is 9.94. The first-order valence-corrected chi connectivity index (χ1v) is 15.9. The molecule has 1 amide bonds. The number of carbonyl (C=O) groups excluding carboxylic acids is 2. The van der Waals surface area contributed by atoms with E-state index < -0.39 is 0 Å². The SMILES string of the molecule is C#C.C1CCC1.CNc1ccc(-c2ccc(C(=O)C(C)C)c(C)c2)cc1.CNc1ccc(C(C)C)cc1.O=CN1CCCC1. The molecule has 238 valence electrons. The van der Waals surface area contributed by atoms with Crippen LogP contribution in [0.4, 0.5) is 11.4 Å². The molecule has 5 rings (SSSR count). The van der Waals surface area contributed by atoms with Gasteiger partial charge in [0.05, 0.1) is 0 Å². The van der Waals surface area contributed by atoms with Gasteiger partial charge in [-0.2, -0.15) is 0 Å². The van der Waals surface area contributed by atoms with Crippen molar-refractivity contribution in [3.8, 4) is 24.0 Å². The number of Topliss-reactive ketones (excluding diaryl/α,β-unsaturated/α-hetero) is 1. The second kappa shape index (κ2) is 21.6. The van der Waals surface area contributed by atoms with E-state index in [0.717, 1.165) is 47.4 Å². The molecule has 5 nitrogen and oxygen atoms in total. The number of ketones is 1. The first-order valence-electron chi connectivity index (χ1n) is 15.9. The number of anilines is 2. The average molecular weight is 598 g/mol. The predicted molar refractivity (Wildman–Crippen MR) is 191 cm³/mol. The summed E-state index contributed by atoms with van der Waals surface area (Å²) >= 11 is 0. The predicted octanol–water partition coefficient (Wildman–Crippen LogP) is 9.44. The molecule has 2 N–H and O–H groups in total. The molecule has 1 saturated heterocycles.